The topological polar surface area (TPSA) is 42.0 Å². The van der Waals surface area contributed by atoms with E-state index in [-0.39, 0.29) is 17.5 Å². The molecule has 0 unspecified atom stereocenters. The summed E-state index contributed by atoms with van der Waals surface area (Å²) >= 11 is 0. The van der Waals surface area contributed by atoms with Crippen LogP contribution in [0.15, 0.2) is 67.0 Å². The Morgan fingerprint density at radius 2 is 1.70 bits per heavy atom. The van der Waals surface area contributed by atoms with Gasteiger partial charge in [-0.2, -0.15) is 13.2 Å². The standard InChI is InChI=1S/C20H14F4N2O/c21-18-4-2-1-3-16(18)19(27)26-15-7-5-13(6-8-15)11-14-9-10-25-12-17(14)20(22,23)24/h1-10,12H,11H2,(H,26,27). The van der Waals surface area contributed by atoms with Crippen molar-refractivity contribution in [2.45, 2.75) is 12.6 Å². The summed E-state index contributed by atoms with van der Waals surface area (Å²) in [6.07, 6.45) is -2.29. The van der Waals surface area contributed by atoms with Gasteiger partial charge in [0.2, 0.25) is 0 Å². The molecule has 0 saturated carbocycles. The lowest BCUT2D eigenvalue weighted by Crippen LogP contribution is -2.13. The van der Waals surface area contributed by atoms with Crippen molar-refractivity contribution in [2.24, 2.45) is 0 Å². The predicted octanol–water partition coefficient (Wildman–Crippen LogP) is 5.08. The summed E-state index contributed by atoms with van der Waals surface area (Å²) in [6, 6.07) is 13.2. The van der Waals surface area contributed by atoms with E-state index in [0.717, 1.165) is 6.20 Å². The molecule has 0 aliphatic heterocycles. The molecule has 0 spiro atoms. The Morgan fingerprint density at radius 1 is 1.00 bits per heavy atom. The van der Waals surface area contributed by atoms with E-state index in [1.807, 2.05) is 0 Å². The van der Waals surface area contributed by atoms with E-state index in [2.05, 4.69) is 10.3 Å². The number of rotatable bonds is 4. The molecule has 0 bridgehead atoms. The Bertz CT molecular complexity index is 953. The Labute approximate surface area is 152 Å². The molecule has 1 amide bonds. The highest BCUT2D eigenvalue weighted by Crippen LogP contribution is 2.32. The molecule has 0 aliphatic carbocycles. The number of amides is 1. The van der Waals surface area contributed by atoms with Crippen molar-refractivity contribution in [3.8, 4) is 0 Å². The minimum Gasteiger partial charge on any atom is -0.322 e. The number of hydrogen-bond acceptors (Lipinski definition) is 2. The van der Waals surface area contributed by atoms with Gasteiger partial charge in [-0.05, 0) is 47.9 Å². The number of nitrogens with one attached hydrogen (secondary N) is 1. The van der Waals surface area contributed by atoms with E-state index in [0.29, 0.717) is 11.3 Å². The SMILES string of the molecule is O=C(Nc1ccc(Cc2ccncc2C(F)(F)F)cc1)c1ccccc1F. The highest BCUT2D eigenvalue weighted by molar-refractivity contribution is 6.04. The molecule has 0 fully saturated rings. The maximum Gasteiger partial charge on any atom is 0.418 e. The summed E-state index contributed by atoms with van der Waals surface area (Å²) in [7, 11) is 0. The molecule has 1 aromatic heterocycles. The summed E-state index contributed by atoms with van der Waals surface area (Å²) in [5.41, 5.74) is 0.295. The Kier molecular flexibility index (Phi) is 5.21. The highest BCUT2D eigenvalue weighted by atomic mass is 19.4. The second-order valence-electron chi connectivity index (χ2n) is 5.84. The maximum atomic E-state index is 13.6. The Hall–Kier alpha value is -3.22. The van der Waals surface area contributed by atoms with Gasteiger partial charge in [-0.25, -0.2) is 4.39 Å². The molecule has 1 heterocycles. The van der Waals surface area contributed by atoms with Crippen molar-refractivity contribution >= 4 is 11.6 Å². The number of halogens is 4. The van der Waals surface area contributed by atoms with Gasteiger partial charge in [-0.3, -0.25) is 9.78 Å². The Balaban J connectivity index is 1.73. The molecular formula is C20H14F4N2O. The zero-order valence-electron chi connectivity index (χ0n) is 13.9. The third kappa shape index (κ3) is 4.49. The summed E-state index contributed by atoms with van der Waals surface area (Å²) in [5, 5.41) is 2.56. The normalized spacial score (nSPS) is 11.3. The summed E-state index contributed by atoms with van der Waals surface area (Å²) < 4.78 is 52.7. The number of benzene rings is 2. The first kappa shape index (κ1) is 18.6. The fourth-order valence-electron chi connectivity index (χ4n) is 2.60. The number of hydrogen-bond donors (Lipinski definition) is 1. The fraction of sp³-hybridized carbons (Fsp3) is 0.100. The highest BCUT2D eigenvalue weighted by Gasteiger charge is 2.33. The third-order valence-corrected chi connectivity index (χ3v) is 3.94. The first-order valence-electron chi connectivity index (χ1n) is 7.99. The number of anilines is 1. The lowest BCUT2D eigenvalue weighted by Gasteiger charge is -2.12. The van der Waals surface area contributed by atoms with Gasteiger partial charge in [0.15, 0.2) is 0 Å². The minimum atomic E-state index is -4.47. The van der Waals surface area contributed by atoms with Crippen LogP contribution >= 0.6 is 0 Å². The average molecular weight is 374 g/mol. The number of carbonyl (C=O) groups is 1. The van der Waals surface area contributed by atoms with Crippen LogP contribution in [0.2, 0.25) is 0 Å². The maximum absolute atomic E-state index is 13.6. The minimum absolute atomic E-state index is 0.0684. The molecule has 138 valence electrons. The molecule has 3 rings (SSSR count). The van der Waals surface area contributed by atoms with Gasteiger partial charge >= 0.3 is 6.18 Å². The predicted molar refractivity (Wildman–Crippen MR) is 92.8 cm³/mol. The van der Waals surface area contributed by atoms with Gasteiger partial charge in [0.1, 0.15) is 5.82 Å². The molecule has 3 aromatic rings. The van der Waals surface area contributed by atoms with Crippen molar-refractivity contribution in [3.63, 3.8) is 0 Å². The van der Waals surface area contributed by atoms with Crippen molar-refractivity contribution in [2.75, 3.05) is 5.32 Å². The molecule has 27 heavy (non-hydrogen) atoms. The molecule has 0 saturated heterocycles. The van der Waals surface area contributed by atoms with Crippen molar-refractivity contribution in [3.05, 3.63) is 95.1 Å². The molecule has 0 atom stereocenters. The lowest BCUT2D eigenvalue weighted by atomic mass is 10.0. The summed E-state index contributed by atoms with van der Waals surface area (Å²) in [4.78, 5) is 15.6. The van der Waals surface area contributed by atoms with E-state index in [4.69, 9.17) is 0 Å². The van der Waals surface area contributed by atoms with Crippen LogP contribution in [-0.2, 0) is 12.6 Å². The molecule has 7 heteroatoms. The molecule has 3 nitrogen and oxygen atoms in total. The van der Waals surface area contributed by atoms with Gasteiger partial charge in [0, 0.05) is 18.1 Å². The van der Waals surface area contributed by atoms with Crippen LogP contribution in [0.3, 0.4) is 0 Å². The number of alkyl halides is 3. The van der Waals surface area contributed by atoms with E-state index < -0.39 is 23.5 Å². The van der Waals surface area contributed by atoms with Crippen LogP contribution in [0.1, 0.15) is 27.0 Å². The van der Waals surface area contributed by atoms with Crippen LogP contribution in [-0.4, -0.2) is 10.9 Å². The van der Waals surface area contributed by atoms with Gasteiger partial charge in [-0.1, -0.05) is 24.3 Å². The number of carbonyl (C=O) groups excluding carboxylic acids is 1. The number of nitrogens with zero attached hydrogens (tertiary/aromatic N) is 1. The van der Waals surface area contributed by atoms with Gasteiger partial charge < -0.3 is 5.32 Å². The summed E-state index contributed by atoms with van der Waals surface area (Å²) in [5.74, 6) is -1.24. The fourth-order valence-corrected chi connectivity index (χ4v) is 2.60. The quantitative estimate of drug-likeness (QED) is 0.647. The van der Waals surface area contributed by atoms with Crippen LogP contribution < -0.4 is 5.32 Å². The second-order valence-corrected chi connectivity index (χ2v) is 5.84. The molecule has 0 radical (unpaired) electrons. The van der Waals surface area contributed by atoms with Crippen LogP contribution in [0, 0.1) is 5.82 Å². The monoisotopic (exact) mass is 374 g/mol. The Morgan fingerprint density at radius 3 is 2.37 bits per heavy atom. The number of aromatic nitrogens is 1. The van der Waals surface area contributed by atoms with Crippen LogP contribution in [0.4, 0.5) is 23.2 Å². The molecule has 0 aliphatic rings. The van der Waals surface area contributed by atoms with Crippen molar-refractivity contribution in [1.29, 1.82) is 0 Å². The van der Waals surface area contributed by atoms with Gasteiger partial charge in [0.05, 0.1) is 11.1 Å². The third-order valence-electron chi connectivity index (χ3n) is 3.94. The van der Waals surface area contributed by atoms with Crippen molar-refractivity contribution < 1.29 is 22.4 Å². The molecular weight excluding hydrogens is 360 g/mol. The zero-order chi connectivity index (χ0) is 19.4. The first-order chi connectivity index (χ1) is 12.8. The average Bonchev–Trinajstić information content (AvgIpc) is 2.63. The van der Waals surface area contributed by atoms with E-state index in [1.165, 1.54) is 30.5 Å². The van der Waals surface area contributed by atoms with Gasteiger partial charge in [0.25, 0.3) is 5.91 Å². The zero-order valence-corrected chi connectivity index (χ0v) is 13.9. The lowest BCUT2D eigenvalue weighted by molar-refractivity contribution is -0.138. The van der Waals surface area contributed by atoms with Crippen molar-refractivity contribution in [1.82, 2.24) is 4.98 Å². The van der Waals surface area contributed by atoms with E-state index in [1.54, 1.807) is 30.3 Å². The van der Waals surface area contributed by atoms with Crippen LogP contribution in [0.5, 0.6) is 0 Å². The van der Waals surface area contributed by atoms with E-state index >= 15 is 0 Å². The molecule has 1 N–H and O–H groups in total. The summed E-state index contributed by atoms with van der Waals surface area (Å²) in [6.45, 7) is 0. The second kappa shape index (κ2) is 7.57. The largest absolute Gasteiger partial charge is 0.418 e. The smallest absolute Gasteiger partial charge is 0.322 e. The van der Waals surface area contributed by atoms with Crippen LogP contribution in [0.25, 0.3) is 0 Å². The van der Waals surface area contributed by atoms with Gasteiger partial charge in [-0.15, -0.1) is 0 Å². The number of pyridine rings is 1. The first-order valence-corrected chi connectivity index (χ1v) is 7.99. The van der Waals surface area contributed by atoms with E-state index in [9.17, 15) is 22.4 Å². The molecule has 2 aromatic carbocycles.